The lowest BCUT2D eigenvalue weighted by Gasteiger charge is -2.50. The maximum absolute atomic E-state index is 13.6. The van der Waals surface area contributed by atoms with Crippen molar-refractivity contribution < 1.29 is 19.1 Å². The molecule has 0 unspecified atom stereocenters. The fourth-order valence-corrected chi connectivity index (χ4v) is 6.14. The summed E-state index contributed by atoms with van der Waals surface area (Å²) < 4.78 is 7.11. The lowest BCUT2D eigenvalue weighted by molar-refractivity contribution is -0.130. The molecule has 3 aromatic rings. The molecular formula is C24H12Br2Cl4N2O4. The van der Waals surface area contributed by atoms with E-state index in [1.54, 1.807) is 42.5 Å². The molecule has 0 aromatic heterocycles. The number of carbonyl (C=O) groups excluding carboxylic acids is 3. The van der Waals surface area contributed by atoms with Crippen LogP contribution >= 0.6 is 78.3 Å². The van der Waals surface area contributed by atoms with Crippen molar-refractivity contribution in [2.75, 3.05) is 12.0 Å². The van der Waals surface area contributed by atoms with Crippen LogP contribution < -0.4 is 9.64 Å². The Hall–Kier alpha value is -1.81. The summed E-state index contributed by atoms with van der Waals surface area (Å²) in [6, 6.07) is 10.4. The average molecular weight is 694 g/mol. The largest absolute Gasteiger partial charge is 0.496 e. The number of β-lactam (4-membered cyclic amide) rings is 1. The van der Waals surface area contributed by atoms with E-state index in [2.05, 4.69) is 31.9 Å². The molecule has 0 spiro atoms. The lowest BCUT2D eigenvalue weighted by Crippen LogP contribution is -2.67. The Kier molecular flexibility index (Phi) is 6.81. The van der Waals surface area contributed by atoms with Gasteiger partial charge >= 0.3 is 0 Å². The third-order valence-corrected chi connectivity index (χ3v) is 8.92. The Morgan fingerprint density at radius 1 is 0.722 bits per heavy atom. The zero-order valence-corrected chi connectivity index (χ0v) is 24.2. The van der Waals surface area contributed by atoms with Gasteiger partial charge in [0, 0.05) is 20.2 Å². The molecule has 2 aliphatic rings. The number of imide groups is 1. The monoisotopic (exact) mass is 690 g/mol. The van der Waals surface area contributed by atoms with Gasteiger partial charge in [0.25, 0.3) is 17.7 Å². The van der Waals surface area contributed by atoms with Gasteiger partial charge in [0.05, 0.1) is 44.4 Å². The Bertz CT molecular complexity index is 1440. The maximum atomic E-state index is 13.6. The van der Waals surface area contributed by atoms with Crippen molar-refractivity contribution >= 4 is 102 Å². The number of fused-ring (bicyclic) bond motifs is 1. The molecule has 1 fully saturated rings. The minimum atomic E-state index is -1.20. The number of ether oxygens (including phenoxy) is 1. The van der Waals surface area contributed by atoms with Crippen LogP contribution in [0.2, 0.25) is 20.1 Å². The number of methoxy groups -OCH3 is 1. The molecule has 2 heterocycles. The van der Waals surface area contributed by atoms with E-state index in [1.807, 2.05) is 0 Å². The molecule has 3 aromatic carbocycles. The quantitative estimate of drug-likeness (QED) is 0.122. The van der Waals surface area contributed by atoms with E-state index in [0.29, 0.717) is 17.0 Å². The normalized spacial score (nSPS) is 19.0. The molecule has 36 heavy (non-hydrogen) atoms. The van der Waals surface area contributed by atoms with Crippen molar-refractivity contribution in [3.8, 4) is 5.75 Å². The fourth-order valence-electron chi connectivity index (χ4n) is 4.48. The van der Waals surface area contributed by atoms with Crippen molar-refractivity contribution in [3.63, 3.8) is 0 Å². The summed E-state index contributed by atoms with van der Waals surface area (Å²) in [4.78, 5) is 43.1. The van der Waals surface area contributed by atoms with Crippen LogP contribution in [0.1, 0.15) is 32.3 Å². The molecule has 0 aliphatic carbocycles. The van der Waals surface area contributed by atoms with Gasteiger partial charge in [-0.05, 0) is 42.5 Å². The fraction of sp³-hybridized carbons (Fsp3) is 0.125. The van der Waals surface area contributed by atoms with Gasteiger partial charge in [-0.2, -0.15) is 0 Å². The van der Waals surface area contributed by atoms with Crippen LogP contribution in [0.15, 0.2) is 51.4 Å². The van der Waals surface area contributed by atoms with Gasteiger partial charge in [-0.1, -0.05) is 78.3 Å². The average Bonchev–Trinajstić information content (AvgIpc) is 3.11. The number of benzene rings is 3. The number of amides is 3. The van der Waals surface area contributed by atoms with Crippen molar-refractivity contribution in [1.82, 2.24) is 4.90 Å². The highest BCUT2D eigenvalue weighted by Crippen LogP contribution is 2.50. The molecule has 2 atom stereocenters. The highest BCUT2D eigenvalue weighted by atomic mass is 79.9. The zero-order chi connectivity index (χ0) is 26.0. The Morgan fingerprint density at radius 2 is 1.25 bits per heavy atom. The second-order valence-electron chi connectivity index (χ2n) is 7.95. The summed E-state index contributed by atoms with van der Waals surface area (Å²) in [6.07, 6.45) is 0. The van der Waals surface area contributed by atoms with E-state index in [0.717, 1.165) is 13.8 Å². The van der Waals surface area contributed by atoms with Crippen LogP contribution in [-0.4, -0.2) is 35.8 Å². The molecule has 0 N–H and O–H groups in total. The highest BCUT2D eigenvalue weighted by Gasteiger charge is 2.59. The number of rotatable bonds is 4. The zero-order valence-electron chi connectivity index (χ0n) is 18.0. The molecule has 1 saturated heterocycles. The minimum Gasteiger partial charge on any atom is -0.496 e. The summed E-state index contributed by atoms with van der Waals surface area (Å²) >= 11 is 31.8. The first kappa shape index (κ1) is 25.8. The van der Waals surface area contributed by atoms with Crippen LogP contribution in [0.4, 0.5) is 5.69 Å². The van der Waals surface area contributed by atoms with E-state index in [-0.39, 0.29) is 31.2 Å². The van der Waals surface area contributed by atoms with Crippen LogP contribution in [0.25, 0.3) is 0 Å². The summed E-state index contributed by atoms with van der Waals surface area (Å²) in [5.74, 6) is -1.56. The maximum Gasteiger partial charge on any atom is 0.264 e. The molecule has 184 valence electrons. The van der Waals surface area contributed by atoms with Crippen LogP contribution in [0, 0.1) is 0 Å². The summed E-state index contributed by atoms with van der Waals surface area (Å²) in [7, 11) is 1.50. The standard InChI is InChI=1S/C24H12Br2Cl4N2O4/c1-36-13-7-4-10(26)8-12(13)20-21(24(35)31(20)11-5-2-9(25)3-6-11)32-22(33)14-15(23(32)34)17(28)19(30)18(29)16(14)27/h2-8,20-21H,1H3/t20-,21+/m0/s1. The summed E-state index contributed by atoms with van der Waals surface area (Å²) in [6.45, 7) is 0. The molecule has 0 bridgehead atoms. The van der Waals surface area contributed by atoms with Gasteiger partial charge in [0.15, 0.2) is 0 Å². The SMILES string of the molecule is COc1ccc(Br)cc1[C@H]1[C@@H](N2C(=O)c3c(Cl)c(Cl)c(Cl)c(Cl)c3C2=O)C(=O)N1c1ccc(Br)cc1. The lowest BCUT2D eigenvalue weighted by atomic mass is 9.85. The van der Waals surface area contributed by atoms with Crippen LogP contribution in [-0.2, 0) is 4.79 Å². The van der Waals surface area contributed by atoms with E-state index in [9.17, 15) is 14.4 Å². The number of nitrogens with zero attached hydrogens (tertiary/aromatic N) is 2. The summed E-state index contributed by atoms with van der Waals surface area (Å²) in [5.41, 5.74) is 0.793. The van der Waals surface area contributed by atoms with E-state index < -0.39 is 29.8 Å². The smallest absolute Gasteiger partial charge is 0.264 e. The number of carbonyl (C=O) groups is 3. The molecule has 12 heteroatoms. The predicted octanol–water partition coefficient (Wildman–Crippen LogP) is 7.59. The van der Waals surface area contributed by atoms with Gasteiger partial charge < -0.3 is 9.64 Å². The first-order valence-electron chi connectivity index (χ1n) is 10.2. The number of halogens is 6. The molecule has 0 saturated carbocycles. The number of hydrogen-bond acceptors (Lipinski definition) is 4. The van der Waals surface area contributed by atoms with E-state index in [1.165, 1.54) is 12.0 Å². The molecule has 5 rings (SSSR count). The van der Waals surface area contributed by atoms with E-state index >= 15 is 0 Å². The van der Waals surface area contributed by atoms with Gasteiger partial charge in [-0.25, -0.2) is 0 Å². The third kappa shape index (κ3) is 3.77. The van der Waals surface area contributed by atoms with Gasteiger partial charge in [0.2, 0.25) is 0 Å². The second-order valence-corrected chi connectivity index (χ2v) is 11.3. The Morgan fingerprint density at radius 3 is 1.78 bits per heavy atom. The first-order chi connectivity index (χ1) is 17.1. The predicted molar refractivity (Wildman–Crippen MR) is 146 cm³/mol. The van der Waals surface area contributed by atoms with Gasteiger partial charge in [0.1, 0.15) is 11.8 Å². The summed E-state index contributed by atoms with van der Waals surface area (Å²) in [5, 5.41) is -0.691. The van der Waals surface area contributed by atoms with Crippen LogP contribution in [0.5, 0.6) is 5.75 Å². The third-order valence-electron chi connectivity index (χ3n) is 6.09. The number of anilines is 1. The van der Waals surface area contributed by atoms with E-state index in [4.69, 9.17) is 51.1 Å². The Labute approximate surface area is 242 Å². The molecule has 6 nitrogen and oxygen atoms in total. The first-order valence-corrected chi connectivity index (χ1v) is 13.3. The van der Waals surface area contributed by atoms with Crippen molar-refractivity contribution in [2.24, 2.45) is 0 Å². The molecule has 2 aliphatic heterocycles. The highest BCUT2D eigenvalue weighted by molar-refractivity contribution is 9.10. The van der Waals surface area contributed by atoms with Crippen molar-refractivity contribution in [1.29, 1.82) is 0 Å². The van der Waals surface area contributed by atoms with Crippen LogP contribution in [0.3, 0.4) is 0 Å². The topological polar surface area (TPSA) is 66.9 Å². The minimum absolute atomic E-state index is 0.147. The second kappa shape index (κ2) is 9.49. The number of hydrogen-bond donors (Lipinski definition) is 0. The molecule has 3 amide bonds. The van der Waals surface area contributed by atoms with Gasteiger partial charge in [-0.15, -0.1) is 0 Å². The van der Waals surface area contributed by atoms with Gasteiger partial charge in [-0.3, -0.25) is 19.3 Å². The molecular weight excluding hydrogens is 682 g/mol. The van der Waals surface area contributed by atoms with Crippen molar-refractivity contribution in [3.05, 3.63) is 88.2 Å². The molecule has 0 radical (unpaired) electrons. The Balaban J connectivity index is 1.67. The van der Waals surface area contributed by atoms with Crippen molar-refractivity contribution in [2.45, 2.75) is 12.1 Å².